The predicted molar refractivity (Wildman–Crippen MR) is 153 cm³/mol. The first-order valence-corrected chi connectivity index (χ1v) is 13.3. The first kappa shape index (κ1) is 30.0. The molecule has 4 rings (SSSR count). The average Bonchev–Trinajstić information content (AvgIpc) is 3.65. The highest BCUT2D eigenvalue weighted by atomic mass is 16.4. The van der Waals surface area contributed by atoms with Gasteiger partial charge in [-0.25, -0.2) is 9.78 Å². The quantitative estimate of drug-likeness (QED) is 0.100. The molecule has 0 aliphatic rings. The Hall–Kier alpha value is -5.01. The van der Waals surface area contributed by atoms with E-state index in [2.05, 4.69) is 30.9 Å². The molecule has 0 radical (unpaired) electrons. The van der Waals surface area contributed by atoms with Gasteiger partial charge in [0.25, 0.3) is 0 Å². The van der Waals surface area contributed by atoms with Crippen molar-refractivity contribution in [2.24, 2.45) is 5.73 Å². The number of nitrogens with two attached hydrogens (primary N) is 1. The van der Waals surface area contributed by atoms with E-state index in [1.54, 1.807) is 36.5 Å². The van der Waals surface area contributed by atoms with E-state index in [1.807, 2.05) is 24.3 Å². The van der Waals surface area contributed by atoms with Gasteiger partial charge in [-0.1, -0.05) is 48.5 Å². The summed E-state index contributed by atoms with van der Waals surface area (Å²) in [5.41, 5.74) is 9.15. The number of rotatable bonds is 14. The van der Waals surface area contributed by atoms with Crippen LogP contribution in [0.1, 0.15) is 16.8 Å². The molecule has 3 amide bonds. The number of H-pyrrole nitrogens is 2. The summed E-state index contributed by atoms with van der Waals surface area (Å²) in [4.78, 5) is 61.0. The molecule has 220 valence electrons. The standard InChI is InChI=1S/C29H33N7O6/c30-21(11-18-13-32-22-9-5-4-8-20(18)22)26(38)34-23(12-19-14-31-16-33-19)27(39)36-25(15-37)28(40)35-24(29(41)42)10-17-6-2-1-3-7-17/h1-9,13-14,16,21,23-25,32,37H,10-12,15,30H2,(H,31,33)(H,34,38)(H,35,40)(H,36,39)(H,41,42). The van der Waals surface area contributed by atoms with Crippen molar-refractivity contribution in [1.82, 2.24) is 30.9 Å². The lowest BCUT2D eigenvalue weighted by Gasteiger charge is -2.24. The number of carbonyl (C=O) groups excluding carboxylic acids is 3. The summed E-state index contributed by atoms with van der Waals surface area (Å²) in [5, 5.41) is 27.8. The molecule has 4 aromatic rings. The maximum absolute atomic E-state index is 13.3. The summed E-state index contributed by atoms with van der Waals surface area (Å²) in [5.74, 6) is -3.54. The zero-order valence-electron chi connectivity index (χ0n) is 22.6. The number of aliphatic hydroxyl groups is 1. The Morgan fingerprint density at radius 1 is 0.810 bits per heavy atom. The summed E-state index contributed by atoms with van der Waals surface area (Å²) in [7, 11) is 0. The van der Waals surface area contributed by atoms with Crippen molar-refractivity contribution in [3.63, 3.8) is 0 Å². The van der Waals surface area contributed by atoms with Crippen LogP contribution in [0.3, 0.4) is 0 Å². The molecule has 0 aliphatic heterocycles. The van der Waals surface area contributed by atoms with E-state index in [-0.39, 0.29) is 19.3 Å². The second kappa shape index (κ2) is 14.1. The Labute approximate surface area is 240 Å². The maximum atomic E-state index is 13.3. The number of aliphatic hydroxyl groups excluding tert-OH is 1. The maximum Gasteiger partial charge on any atom is 0.326 e. The summed E-state index contributed by atoms with van der Waals surface area (Å²) in [6.07, 6.45) is 4.87. The lowest BCUT2D eigenvalue weighted by molar-refractivity contribution is -0.142. The second-order valence-corrected chi connectivity index (χ2v) is 9.85. The van der Waals surface area contributed by atoms with Crippen molar-refractivity contribution >= 4 is 34.6 Å². The molecule has 0 fully saturated rings. The third-order valence-electron chi connectivity index (χ3n) is 6.78. The average molecular weight is 576 g/mol. The van der Waals surface area contributed by atoms with Gasteiger partial charge in [0, 0.05) is 41.8 Å². The minimum atomic E-state index is -1.48. The monoisotopic (exact) mass is 575 g/mol. The van der Waals surface area contributed by atoms with E-state index >= 15 is 0 Å². The Bertz CT molecular complexity index is 1510. The van der Waals surface area contributed by atoms with E-state index < -0.39 is 54.5 Å². The molecule has 2 heterocycles. The van der Waals surface area contributed by atoms with Crippen molar-refractivity contribution in [3.05, 3.63) is 90.1 Å². The number of aliphatic carboxylic acids is 1. The van der Waals surface area contributed by atoms with Crippen molar-refractivity contribution in [3.8, 4) is 0 Å². The van der Waals surface area contributed by atoms with Crippen LogP contribution in [0, 0.1) is 0 Å². The number of nitrogens with one attached hydrogen (secondary N) is 5. The number of benzene rings is 2. The lowest BCUT2D eigenvalue weighted by atomic mass is 10.0. The highest BCUT2D eigenvalue weighted by molar-refractivity contribution is 5.94. The highest BCUT2D eigenvalue weighted by Crippen LogP contribution is 2.19. The summed E-state index contributed by atoms with van der Waals surface area (Å²) >= 11 is 0. The number of hydrogen-bond acceptors (Lipinski definition) is 7. The summed E-state index contributed by atoms with van der Waals surface area (Å²) in [6.45, 7) is -0.806. The number of fused-ring (bicyclic) bond motifs is 1. The molecule has 2 aromatic heterocycles. The Morgan fingerprint density at radius 2 is 1.48 bits per heavy atom. The van der Waals surface area contributed by atoms with Gasteiger partial charge in [0.05, 0.1) is 19.0 Å². The van der Waals surface area contributed by atoms with Crippen LogP contribution >= 0.6 is 0 Å². The van der Waals surface area contributed by atoms with Gasteiger partial charge in [-0.05, 0) is 23.6 Å². The molecule has 0 bridgehead atoms. The minimum Gasteiger partial charge on any atom is -0.480 e. The number of aromatic nitrogens is 3. The minimum absolute atomic E-state index is 0.000826. The van der Waals surface area contributed by atoms with Crippen LogP contribution in [0.25, 0.3) is 10.9 Å². The number of hydrogen-bond donors (Lipinski definition) is 8. The third-order valence-corrected chi connectivity index (χ3v) is 6.78. The Kier molecular flexibility index (Phi) is 10.0. The molecule has 9 N–H and O–H groups in total. The summed E-state index contributed by atoms with van der Waals surface area (Å²) in [6, 6.07) is 11.3. The van der Waals surface area contributed by atoms with Gasteiger partial charge in [-0.15, -0.1) is 0 Å². The molecule has 42 heavy (non-hydrogen) atoms. The molecule has 13 heteroatoms. The molecule has 4 unspecified atom stereocenters. The van der Waals surface area contributed by atoms with Crippen LogP contribution < -0.4 is 21.7 Å². The molecule has 0 saturated carbocycles. The number of imidazole rings is 1. The zero-order chi connectivity index (χ0) is 30.1. The molecule has 0 saturated heterocycles. The van der Waals surface area contributed by atoms with Crippen molar-refractivity contribution in [2.75, 3.05) is 6.61 Å². The largest absolute Gasteiger partial charge is 0.480 e. The van der Waals surface area contributed by atoms with Gasteiger partial charge in [-0.2, -0.15) is 0 Å². The van der Waals surface area contributed by atoms with Crippen LogP contribution in [0.15, 0.2) is 73.3 Å². The van der Waals surface area contributed by atoms with Gasteiger partial charge >= 0.3 is 5.97 Å². The smallest absolute Gasteiger partial charge is 0.326 e. The topological polar surface area (TPSA) is 215 Å². The SMILES string of the molecule is NC(Cc1c[nH]c2ccccc12)C(=O)NC(Cc1cnc[nH]1)C(=O)NC(CO)C(=O)NC(Cc1ccccc1)C(=O)O. The van der Waals surface area contributed by atoms with Crippen LogP contribution in [0.4, 0.5) is 0 Å². The van der Waals surface area contributed by atoms with E-state index in [0.717, 1.165) is 16.5 Å². The van der Waals surface area contributed by atoms with Gasteiger partial charge in [-0.3, -0.25) is 14.4 Å². The number of carbonyl (C=O) groups is 4. The molecule has 0 spiro atoms. The van der Waals surface area contributed by atoms with Gasteiger partial charge in [0.15, 0.2) is 0 Å². The van der Waals surface area contributed by atoms with Crippen molar-refractivity contribution < 1.29 is 29.4 Å². The second-order valence-electron chi connectivity index (χ2n) is 9.85. The molecular formula is C29H33N7O6. The molecule has 4 atom stereocenters. The number of aromatic amines is 2. The van der Waals surface area contributed by atoms with Crippen LogP contribution in [-0.2, 0) is 38.4 Å². The van der Waals surface area contributed by atoms with E-state index in [4.69, 9.17) is 5.73 Å². The number of carboxylic acids is 1. The van der Waals surface area contributed by atoms with Crippen LogP contribution in [-0.4, -0.2) is 79.6 Å². The predicted octanol–water partition coefficient (Wildman–Crippen LogP) is -0.222. The number of amides is 3. The fourth-order valence-corrected chi connectivity index (χ4v) is 4.52. The van der Waals surface area contributed by atoms with Crippen LogP contribution in [0.5, 0.6) is 0 Å². The normalized spacial score (nSPS) is 14.0. The van der Waals surface area contributed by atoms with Crippen LogP contribution in [0.2, 0.25) is 0 Å². The van der Waals surface area contributed by atoms with Crippen molar-refractivity contribution in [2.45, 2.75) is 43.4 Å². The van der Waals surface area contributed by atoms with E-state index in [0.29, 0.717) is 11.3 Å². The number of nitrogens with zero attached hydrogens (tertiary/aromatic N) is 1. The molecule has 0 aliphatic carbocycles. The first-order chi connectivity index (χ1) is 20.2. The van der Waals surface area contributed by atoms with Gasteiger partial charge in [0.1, 0.15) is 18.1 Å². The van der Waals surface area contributed by atoms with Crippen molar-refractivity contribution in [1.29, 1.82) is 0 Å². The highest BCUT2D eigenvalue weighted by Gasteiger charge is 2.30. The Balaban J connectivity index is 1.42. The molecule has 13 nitrogen and oxygen atoms in total. The van der Waals surface area contributed by atoms with Gasteiger partial charge in [0.2, 0.25) is 17.7 Å². The fourth-order valence-electron chi connectivity index (χ4n) is 4.52. The zero-order valence-corrected chi connectivity index (χ0v) is 22.6. The first-order valence-electron chi connectivity index (χ1n) is 13.3. The lowest BCUT2D eigenvalue weighted by Crippen LogP contribution is -2.58. The third kappa shape index (κ3) is 7.80. The number of carboxylic acid groups (broad SMARTS) is 1. The fraction of sp³-hybridized carbons (Fsp3) is 0.276. The molecule has 2 aromatic carbocycles. The van der Waals surface area contributed by atoms with E-state index in [9.17, 15) is 29.4 Å². The molecular weight excluding hydrogens is 542 g/mol. The number of para-hydroxylation sites is 1. The Morgan fingerprint density at radius 3 is 2.17 bits per heavy atom. The van der Waals surface area contributed by atoms with Gasteiger partial charge < -0.3 is 41.9 Å². The van der Waals surface area contributed by atoms with E-state index in [1.165, 1.54) is 12.5 Å². The summed E-state index contributed by atoms with van der Waals surface area (Å²) < 4.78 is 0.